The van der Waals surface area contributed by atoms with Gasteiger partial charge in [-0.3, -0.25) is 0 Å². The summed E-state index contributed by atoms with van der Waals surface area (Å²) in [4.78, 5) is 5.34. The van der Waals surface area contributed by atoms with Crippen molar-refractivity contribution in [1.82, 2.24) is 9.55 Å². The molecular formula is C22H25N3O2S. The predicted molar refractivity (Wildman–Crippen MR) is 112 cm³/mol. The van der Waals surface area contributed by atoms with Gasteiger partial charge in [-0.05, 0) is 36.2 Å². The van der Waals surface area contributed by atoms with Gasteiger partial charge in [0.1, 0.15) is 0 Å². The van der Waals surface area contributed by atoms with E-state index in [0.29, 0.717) is 13.2 Å². The lowest BCUT2D eigenvalue weighted by Gasteiger charge is -2.28. The molecule has 4 rings (SSSR count). The van der Waals surface area contributed by atoms with E-state index in [1.807, 2.05) is 47.4 Å². The Hall–Kier alpha value is -2.28. The molecule has 1 saturated heterocycles. The maximum Gasteiger partial charge on any atom is 0.187 e. The summed E-state index contributed by atoms with van der Waals surface area (Å²) in [6, 6.07) is 18.4. The van der Waals surface area contributed by atoms with E-state index in [1.54, 1.807) is 18.0 Å². The normalized spacial score (nSPS) is 21.8. The Morgan fingerprint density at radius 3 is 2.71 bits per heavy atom. The molecule has 146 valence electrons. The second-order valence-electron chi connectivity index (χ2n) is 7.06. The molecule has 6 heteroatoms. The van der Waals surface area contributed by atoms with Crippen LogP contribution in [0.15, 0.2) is 78.2 Å². The highest BCUT2D eigenvalue weighted by atomic mass is 32.2. The number of thioether (sulfide) groups is 1. The number of benzene rings is 2. The van der Waals surface area contributed by atoms with Gasteiger partial charge in [0.15, 0.2) is 5.79 Å². The number of aryl methyl sites for hydroxylation is 1. The van der Waals surface area contributed by atoms with Gasteiger partial charge < -0.3 is 19.8 Å². The maximum absolute atomic E-state index is 6.47. The SMILES string of the molecule is Nc1ccc(SC[C@@H]2CO[C@](CCc3ccccc3)(Cn3ccnc3)O2)cc1. The lowest BCUT2D eigenvalue weighted by Crippen LogP contribution is -2.37. The summed E-state index contributed by atoms with van der Waals surface area (Å²) in [5.74, 6) is 0.226. The van der Waals surface area contributed by atoms with Gasteiger partial charge in [0.25, 0.3) is 0 Å². The third-order valence-corrected chi connectivity index (χ3v) is 5.99. The largest absolute Gasteiger partial charge is 0.399 e. The summed E-state index contributed by atoms with van der Waals surface area (Å²) < 4.78 is 14.8. The van der Waals surface area contributed by atoms with Crippen LogP contribution in [0.1, 0.15) is 12.0 Å². The number of hydrogen-bond donors (Lipinski definition) is 1. The third-order valence-electron chi connectivity index (χ3n) is 4.85. The molecule has 1 aliphatic heterocycles. The van der Waals surface area contributed by atoms with Crippen LogP contribution < -0.4 is 5.73 Å². The first-order valence-electron chi connectivity index (χ1n) is 9.51. The van der Waals surface area contributed by atoms with Crippen LogP contribution in [0.5, 0.6) is 0 Å². The Kier molecular flexibility index (Phi) is 6.00. The van der Waals surface area contributed by atoms with Gasteiger partial charge in [-0.1, -0.05) is 30.3 Å². The van der Waals surface area contributed by atoms with Gasteiger partial charge in [0.05, 0.1) is 25.6 Å². The van der Waals surface area contributed by atoms with E-state index in [2.05, 4.69) is 29.2 Å². The van der Waals surface area contributed by atoms with E-state index in [9.17, 15) is 0 Å². The molecule has 3 aromatic rings. The van der Waals surface area contributed by atoms with Crippen molar-refractivity contribution in [2.75, 3.05) is 18.1 Å². The molecule has 2 aromatic carbocycles. The number of hydrogen-bond acceptors (Lipinski definition) is 5. The van der Waals surface area contributed by atoms with Crippen molar-refractivity contribution in [1.29, 1.82) is 0 Å². The number of aromatic nitrogens is 2. The highest BCUT2D eigenvalue weighted by molar-refractivity contribution is 7.99. The Morgan fingerprint density at radius 1 is 1.14 bits per heavy atom. The van der Waals surface area contributed by atoms with Crippen LogP contribution >= 0.6 is 11.8 Å². The fraction of sp³-hybridized carbons (Fsp3) is 0.318. The molecule has 0 bridgehead atoms. The van der Waals surface area contributed by atoms with E-state index >= 15 is 0 Å². The molecule has 0 saturated carbocycles. The summed E-state index contributed by atoms with van der Waals surface area (Å²) in [6.45, 7) is 1.24. The van der Waals surface area contributed by atoms with Crippen molar-refractivity contribution in [3.63, 3.8) is 0 Å². The smallest absolute Gasteiger partial charge is 0.187 e. The number of imidazole rings is 1. The molecule has 0 aliphatic carbocycles. The van der Waals surface area contributed by atoms with E-state index in [4.69, 9.17) is 15.2 Å². The van der Waals surface area contributed by atoms with Crippen LogP contribution in [0.4, 0.5) is 5.69 Å². The Bertz CT molecular complexity index is 855. The summed E-state index contributed by atoms with van der Waals surface area (Å²) >= 11 is 1.77. The fourth-order valence-corrected chi connectivity index (χ4v) is 4.25. The minimum absolute atomic E-state index is 0.0573. The maximum atomic E-state index is 6.47. The van der Waals surface area contributed by atoms with Crippen LogP contribution in [0.25, 0.3) is 0 Å². The Morgan fingerprint density at radius 2 is 1.96 bits per heavy atom. The van der Waals surface area contributed by atoms with Crippen LogP contribution in [-0.4, -0.2) is 33.8 Å². The highest BCUT2D eigenvalue weighted by Gasteiger charge is 2.41. The monoisotopic (exact) mass is 395 g/mol. The number of nitrogens with two attached hydrogens (primary N) is 1. The van der Waals surface area contributed by atoms with Gasteiger partial charge in [0.2, 0.25) is 0 Å². The highest BCUT2D eigenvalue weighted by Crippen LogP contribution is 2.33. The molecule has 1 fully saturated rings. The van der Waals surface area contributed by atoms with Crippen molar-refractivity contribution in [2.45, 2.75) is 36.2 Å². The summed E-state index contributed by atoms with van der Waals surface area (Å²) in [7, 11) is 0. The second kappa shape index (κ2) is 8.82. The number of ether oxygens (including phenoxy) is 2. The van der Waals surface area contributed by atoms with Crippen LogP contribution in [0.2, 0.25) is 0 Å². The Labute approximate surface area is 169 Å². The standard InChI is InChI=1S/C22H25N3O2S/c23-19-6-8-21(9-7-19)28-15-20-14-26-22(27-20,16-25-13-12-24-17-25)11-10-18-4-2-1-3-5-18/h1-9,12-13,17,20H,10-11,14-16,23H2/t20-,22-/m0/s1. The summed E-state index contributed by atoms with van der Waals surface area (Å²) in [5.41, 5.74) is 7.84. The molecule has 0 spiro atoms. The topological polar surface area (TPSA) is 62.3 Å². The Balaban J connectivity index is 1.40. The molecule has 28 heavy (non-hydrogen) atoms. The van der Waals surface area contributed by atoms with Gasteiger partial charge in [-0.25, -0.2) is 4.98 Å². The average Bonchev–Trinajstić information content (AvgIpc) is 3.38. The average molecular weight is 396 g/mol. The molecule has 1 aromatic heterocycles. The van der Waals surface area contributed by atoms with Crippen LogP contribution in [0.3, 0.4) is 0 Å². The quantitative estimate of drug-likeness (QED) is 0.461. The van der Waals surface area contributed by atoms with E-state index in [-0.39, 0.29) is 6.10 Å². The first-order chi connectivity index (χ1) is 13.7. The minimum atomic E-state index is -0.622. The van der Waals surface area contributed by atoms with E-state index < -0.39 is 5.79 Å². The first kappa shape index (κ1) is 19.1. The van der Waals surface area contributed by atoms with Crippen molar-refractivity contribution in [2.24, 2.45) is 0 Å². The van der Waals surface area contributed by atoms with Crippen molar-refractivity contribution in [3.05, 3.63) is 78.9 Å². The summed E-state index contributed by atoms with van der Waals surface area (Å²) in [5, 5.41) is 0. The molecule has 0 amide bonds. The van der Waals surface area contributed by atoms with Crippen molar-refractivity contribution in [3.8, 4) is 0 Å². The number of nitrogens with zero attached hydrogens (tertiary/aromatic N) is 2. The molecular weight excluding hydrogens is 370 g/mol. The second-order valence-corrected chi connectivity index (χ2v) is 8.16. The molecule has 2 heterocycles. The molecule has 0 unspecified atom stereocenters. The molecule has 0 radical (unpaired) electrons. The third kappa shape index (κ3) is 4.95. The van der Waals surface area contributed by atoms with E-state index in [1.165, 1.54) is 10.5 Å². The number of nitrogen functional groups attached to an aromatic ring is 1. The predicted octanol–water partition coefficient (Wildman–Crippen LogP) is 4.00. The molecule has 5 nitrogen and oxygen atoms in total. The first-order valence-corrected chi connectivity index (χ1v) is 10.5. The lowest BCUT2D eigenvalue weighted by atomic mass is 10.0. The number of anilines is 1. The van der Waals surface area contributed by atoms with Crippen LogP contribution in [0, 0.1) is 0 Å². The number of rotatable bonds is 8. The lowest BCUT2D eigenvalue weighted by molar-refractivity contribution is -0.180. The molecule has 2 atom stereocenters. The van der Waals surface area contributed by atoms with Gasteiger partial charge in [-0.2, -0.15) is 0 Å². The fourth-order valence-electron chi connectivity index (χ4n) is 3.38. The molecule has 2 N–H and O–H groups in total. The zero-order chi connectivity index (χ0) is 19.2. The molecule has 1 aliphatic rings. The van der Waals surface area contributed by atoms with Crippen molar-refractivity contribution < 1.29 is 9.47 Å². The minimum Gasteiger partial charge on any atom is -0.399 e. The van der Waals surface area contributed by atoms with Gasteiger partial charge >= 0.3 is 0 Å². The summed E-state index contributed by atoms with van der Waals surface area (Å²) in [6.07, 6.45) is 7.32. The van der Waals surface area contributed by atoms with Crippen molar-refractivity contribution >= 4 is 17.4 Å². The van der Waals surface area contributed by atoms with E-state index in [0.717, 1.165) is 24.3 Å². The van der Waals surface area contributed by atoms with Crippen LogP contribution in [-0.2, 0) is 22.4 Å². The zero-order valence-corrected chi connectivity index (χ0v) is 16.6. The zero-order valence-electron chi connectivity index (χ0n) is 15.7. The van der Waals surface area contributed by atoms with Gasteiger partial charge in [0, 0.05) is 35.2 Å². The van der Waals surface area contributed by atoms with Gasteiger partial charge in [-0.15, -0.1) is 11.8 Å².